The highest BCUT2D eigenvalue weighted by molar-refractivity contribution is 7.61. The second kappa shape index (κ2) is 8.47. The molecule has 32 heavy (non-hydrogen) atoms. The van der Waals surface area contributed by atoms with Gasteiger partial charge >= 0.3 is 0 Å². The lowest BCUT2D eigenvalue weighted by molar-refractivity contribution is 0.0291. The zero-order valence-electron chi connectivity index (χ0n) is 23.2. The van der Waals surface area contributed by atoms with Crippen LogP contribution < -0.4 is 0 Å². The molecule has 0 aliphatic heterocycles. The minimum absolute atomic E-state index is 0.0466. The van der Waals surface area contributed by atoms with Crippen LogP contribution in [0, 0.1) is 40.4 Å². The summed E-state index contributed by atoms with van der Waals surface area (Å²) in [6.07, 6.45) is 17.0. The molecule has 0 radical (unpaired) electrons. The Labute approximate surface area is 205 Å². The third-order valence-corrected chi connectivity index (χ3v) is 17.1. The molecule has 0 amide bonds. The maximum Gasteiger partial charge on any atom is -0.00228 e. The van der Waals surface area contributed by atoms with Crippen LogP contribution in [-0.4, -0.2) is 21.6 Å². The lowest BCUT2D eigenvalue weighted by Crippen LogP contribution is -2.57. The van der Waals surface area contributed by atoms with Gasteiger partial charge in [-0.2, -0.15) is 0 Å². The highest BCUT2D eigenvalue weighted by Gasteiger charge is 2.58. The van der Waals surface area contributed by atoms with Crippen LogP contribution in [0.3, 0.4) is 0 Å². The van der Waals surface area contributed by atoms with E-state index in [1.807, 2.05) is 0 Å². The van der Waals surface area contributed by atoms with Gasteiger partial charge in [-0.15, -0.1) is 9.24 Å². The van der Waals surface area contributed by atoms with Crippen LogP contribution in [0.5, 0.6) is 0 Å². The Hall–Kier alpha value is 0.860. The first kappa shape index (κ1) is 25.9. The van der Waals surface area contributed by atoms with Gasteiger partial charge in [0.1, 0.15) is 0 Å². The third kappa shape index (κ3) is 4.42. The van der Waals surface area contributed by atoms with E-state index in [0.29, 0.717) is 21.1 Å². The molecule has 0 aromatic carbocycles. The Kier molecular flexibility index (Phi) is 6.86. The Morgan fingerprint density at radius 1 is 0.719 bits per heavy atom. The minimum Gasteiger partial charge on any atom is -0.130 e. The summed E-state index contributed by atoms with van der Waals surface area (Å²) in [4.78, 5) is 0. The molecular formula is C30H56P2. The van der Waals surface area contributed by atoms with E-state index in [2.05, 4.69) is 71.6 Å². The Balaban J connectivity index is 1.67. The standard InChI is InChI=1S/C30H56P2/c1-26(2,3)30(31,27(4,5)6)25-13-11-10-12-24(25)20-32(28(7,8)9)29-17-21-14-22(18-29)16-23(15-21)19-29/h21-25H,10-20,31H2,1-9H3/t21?,22?,23?,24-,25-,29?,32?/m1/s1. The minimum atomic E-state index is 0.0466. The van der Waals surface area contributed by atoms with Crippen molar-refractivity contribution in [1.29, 1.82) is 0 Å². The van der Waals surface area contributed by atoms with E-state index in [1.165, 1.54) is 25.7 Å². The van der Waals surface area contributed by atoms with Gasteiger partial charge in [-0.1, -0.05) is 83.1 Å². The number of rotatable bonds is 4. The van der Waals surface area contributed by atoms with E-state index in [1.54, 1.807) is 44.7 Å². The van der Waals surface area contributed by atoms with Crippen LogP contribution in [-0.2, 0) is 0 Å². The molecule has 5 aliphatic rings. The van der Waals surface area contributed by atoms with Crippen molar-refractivity contribution in [2.75, 3.05) is 6.16 Å². The van der Waals surface area contributed by atoms with E-state index in [-0.39, 0.29) is 7.92 Å². The average Bonchev–Trinajstić information content (AvgIpc) is 2.61. The van der Waals surface area contributed by atoms with Gasteiger partial charge in [-0.3, -0.25) is 0 Å². The van der Waals surface area contributed by atoms with Crippen LogP contribution >= 0.6 is 17.2 Å². The zero-order chi connectivity index (χ0) is 23.7. The molecule has 5 saturated carbocycles. The van der Waals surface area contributed by atoms with Gasteiger partial charge in [-0.25, -0.2) is 0 Å². The molecule has 4 bridgehead atoms. The van der Waals surface area contributed by atoms with Gasteiger partial charge < -0.3 is 0 Å². The van der Waals surface area contributed by atoms with E-state index < -0.39 is 0 Å². The molecule has 0 heterocycles. The first-order valence-electron chi connectivity index (χ1n) is 14.1. The van der Waals surface area contributed by atoms with Crippen molar-refractivity contribution in [3.63, 3.8) is 0 Å². The lowest BCUT2D eigenvalue weighted by Gasteiger charge is -2.64. The summed E-state index contributed by atoms with van der Waals surface area (Å²) in [7, 11) is 3.56. The maximum absolute atomic E-state index is 3.51. The van der Waals surface area contributed by atoms with Crippen molar-refractivity contribution in [1.82, 2.24) is 0 Å². The van der Waals surface area contributed by atoms with Crippen LogP contribution in [0.1, 0.15) is 127 Å². The molecule has 5 rings (SSSR count). The van der Waals surface area contributed by atoms with Gasteiger partial charge in [-0.05, 0) is 113 Å². The Morgan fingerprint density at radius 3 is 1.56 bits per heavy atom. The smallest absolute Gasteiger partial charge is 0.00228 e. The van der Waals surface area contributed by atoms with Crippen molar-refractivity contribution >= 4 is 17.2 Å². The fourth-order valence-corrected chi connectivity index (χ4v) is 15.2. The quantitative estimate of drug-likeness (QED) is 0.353. The summed E-state index contributed by atoms with van der Waals surface area (Å²) in [6, 6.07) is 0. The largest absolute Gasteiger partial charge is 0.130 e. The van der Waals surface area contributed by atoms with Gasteiger partial charge in [0, 0.05) is 0 Å². The molecule has 2 unspecified atom stereocenters. The van der Waals surface area contributed by atoms with Crippen molar-refractivity contribution in [3.8, 4) is 0 Å². The van der Waals surface area contributed by atoms with Gasteiger partial charge in [0.2, 0.25) is 0 Å². The van der Waals surface area contributed by atoms with Gasteiger partial charge in [0.25, 0.3) is 0 Å². The molecule has 0 N–H and O–H groups in total. The molecular weight excluding hydrogens is 422 g/mol. The third-order valence-electron chi connectivity index (χ3n) is 10.8. The summed E-state index contributed by atoms with van der Waals surface area (Å²) in [5.74, 6) is 5.03. The van der Waals surface area contributed by atoms with Gasteiger partial charge in [0.15, 0.2) is 0 Å². The van der Waals surface area contributed by atoms with Crippen LogP contribution in [0.25, 0.3) is 0 Å². The van der Waals surface area contributed by atoms with Crippen molar-refractivity contribution in [2.24, 2.45) is 40.4 Å². The topological polar surface area (TPSA) is 0 Å². The molecule has 5 aliphatic carbocycles. The summed E-state index contributed by atoms with van der Waals surface area (Å²) >= 11 is 0. The fourth-order valence-electron chi connectivity index (χ4n) is 10.1. The number of hydrogen-bond donors (Lipinski definition) is 0. The monoisotopic (exact) mass is 478 g/mol. The van der Waals surface area contributed by atoms with Gasteiger partial charge in [0.05, 0.1) is 0 Å². The summed E-state index contributed by atoms with van der Waals surface area (Å²) < 4.78 is 0. The predicted octanol–water partition coefficient (Wildman–Crippen LogP) is 9.75. The van der Waals surface area contributed by atoms with E-state index in [0.717, 1.165) is 34.7 Å². The second-order valence-corrected chi connectivity index (χ2v) is 20.4. The first-order chi connectivity index (χ1) is 14.6. The molecule has 0 aromatic heterocycles. The first-order valence-corrected chi connectivity index (χ1v) is 16.2. The van der Waals surface area contributed by atoms with Crippen LogP contribution in [0.4, 0.5) is 0 Å². The molecule has 0 spiro atoms. The molecule has 2 heteroatoms. The lowest BCUT2D eigenvalue weighted by atomic mass is 9.55. The summed E-state index contributed by atoms with van der Waals surface area (Å²) in [5, 5.41) is 1.53. The van der Waals surface area contributed by atoms with E-state index >= 15 is 0 Å². The van der Waals surface area contributed by atoms with Crippen LogP contribution in [0.15, 0.2) is 0 Å². The molecule has 0 saturated heterocycles. The molecule has 186 valence electrons. The SMILES string of the molecule is CC(C)(C)P(C[C@H]1CCCC[C@H]1C(P)(C(C)(C)C)C(C)(C)C)C12CC3CC(CC(C3)C1)C2. The normalized spacial score (nSPS) is 39.4. The van der Waals surface area contributed by atoms with E-state index in [9.17, 15) is 0 Å². The van der Waals surface area contributed by atoms with Crippen LogP contribution in [0.2, 0.25) is 0 Å². The van der Waals surface area contributed by atoms with Crippen molar-refractivity contribution < 1.29 is 0 Å². The Bertz CT molecular complexity index is 621. The van der Waals surface area contributed by atoms with Crippen molar-refractivity contribution in [2.45, 2.75) is 142 Å². The molecule has 0 aromatic rings. The fraction of sp³-hybridized carbons (Fsp3) is 1.00. The number of hydrogen-bond acceptors (Lipinski definition) is 0. The predicted molar refractivity (Wildman–Crippen MR) is 149 cm³/mol. The highest BCUT2D eigenvalue weighted by Crippen LogP contribution is 2.74. The van der Waals surface area contributed by atoms with E-state index in [4.69, 9.17) is 0 Å². The molecule has 0 nitrogen and oxygen atoms in total. The molecule has 5 fully saturated rings. The Morgan fingerprint density at radius 2 is 1.16 bits per heavy atom. The second-order valence-electron chi connectivity index (χ2n) is 15.9. The summed E-state index contributed by atoms with van der Waals surface area (Å²) in [5.41, 5.74) is 0.614. The summed E-state index contributed by atoms with van der Waals surface area (Å²) in [6.45, 7) is 23.1. The molecule has 4 atom stereocenters. The average molecular weight is 479 g/mol. The maximum atomic E-state index is 3.51. The van der Waals surface area contributed by atoms with Crippen molar-refractivity contribution in [3.05, 3.63) is 0 Å². The highest BCUT2D eigenvalue weighted by atomic mass is 31.1. The zero-order valence-corrected chi connectivity index (χ0v) is 25.2.